The van der Waals surface area contributed by atoms with Gasteiger partial charge in [-0.05, 0) is 60.0 Å². The number of nitrogens with one attached hydrogen (secondary N) is 1. The zero-order valence-electron chi connectivity index (χ0n) is 19.9. The number of carbonyl (C=O) groups excluding carboxylic acids is 1. The Hall–Kier alpha value is -4.10. The standard InChI is InChI=1S/C28H25ClFN3O3/c1-19-6-3-4-9-25(19)36-18-22-14-20(10-12-26(22)35-2)11-13-27(34)31-28-24(29)17-33(32-28)16-21-7-5-8-23(30)15-21/h3-15,17H,16,18H2,1-2H3,(H,31,32,34)/b13-11+. The van der Waals surface area contributed by atoms with Gasteiger partial charge in [-0.1, -0.05) is 48.0 Å². The lowest BCUT2D eigenvalue weighted by Crippen LogP contribution is -2.09. The minimum atomic E-state index is -0.388. The summed E-state index contributed by atoms with van der Waals surface area (Å²) in [4.78, 5) is 12.5. The molecule has 0 aliphatic rings. The molecule has 0 unspecified atom stereocenters. The van der Waals surface area contributed by atoms with Crippen molar-refractivity contribution in [3.05, 3.63) is 112 Å². The second-order valence-corrected chi connectivity index (χ2v) is 8.51. The Balaban J connectivity index is 1.41. The van der Waals surface area contributed by atoms with Crippen LogP contribution >= 0.6 is 11.6 Å². The van der Waals surface area contributed by atoms with Gasteiger partial charge in [-0.25, -0.2) is 4.39 Å². The Bertz CT molecular complexity index is 1400. The normalized spacial score (nSPS) is 11.0. The molecule has 8 heteroatoms. The summed E-state index contributed by atoms with van der Waals surface area (Å²) >= 11 is 6.23. The number of carbonyl (C=O) groups is 1. The van der Waals surface area contributed by atoms with E-state index >= 15 is 0 Å². The third kappa shape index (κ3) is 6.52. The van der Waals surface area contributed by atoms with Crippen molar-refractivity contribution in [2.75, 3.05) is 12.4 Å². The summed E-state index contributed by atoms with van der Waals surface area (Å²) in [5, 5.41) is 7.25. The van der Waals surface area contributed by atoms with E-state index in [1.165, 1.54) is 18.2 Å². The summed E-state index contributed by atoms with van der Waals surface area (Å²) < 4.78 is 26.4. The van der Waals surface area contributed by atoms with Gasteiger partial charge in [-0.3, -0.25) is 9.48 Å². The number of hydrogen-bond donors (Lipinski definition) is 1. The molecule has 0 aliphatic carbocycles. The SMILES string of the molecule is COc1ccc(/C=C/C(=O)Nc2nn(Cc3cccc(F)c3)cc2Cl)cc1COc1ccccc1C. The van der Waals surface area contributed by atoms with Gasteiger partial charge in [-0.15, -0.1) is 0 Å². The lowest BCUT2D eigenvalue weighted by molar-refractivity contribution is -0.111. The third-order valence-electron chi connectivity index (χ3n) is 5.40. The lowest BCUT2D eigenvalue weighted by atomic mass is 10.1. The average molecular weight is 506 g/mol. The average Bonchev–Trinajstić information content (AvgIpc) is 3.20. The highest BCUT2D eigenvalue weighted by Gasteiger charge is 2.11. The summed E-state index contributed by atoms with van der Waals surface area (Å²) in [6.45, 7) is 2.63. The van der Waals surface area contributed by atoms with Crippen molar-refractivity contribution >= 4 is 29.4 Å². The van der Waals surface area contributed by atoms with E-state index in [4.69, 9.17) is 21.1 Å². The number of benzene rings is 3. The number of aromatic nitrogens is 2. The maximum Gasteiger partial charge on any atom is 0.249 e. The number of hydrogen-bond acceptors (Lipinski definition) is 4. The van der Waals surface area contributed by atoms with Crippen LogP contribution in [0.15, 0.2) is 79.0 Å². The highest BCUT2D eigenvalue weighted by Crippen LogP contribution is 2.25. The summed E-state index contributed by atoms with van der Waals surface area (Å²) in [6, 6.07) is 19.6. The fourth-order valence-electron chi connectivity index (χ4n) is 3.60. The van der Waals surface area contributed by atoms with Crippen molar-refractivity contribution in [2.24, 2.45) is 0 Å². The molecule has 0 spiro atoms. The molecule has 1 N–H and O–H groups in total. The van der Waals surface area contributed by atoms with E-state index in [-0.39, 0.29) is 22.6 Å². The molecule has 184 valence electrons. The molecule has 0 atom stereocenters. The number of aryl methyl sites for hydroxylation is 1. The Labute approximate surface area is 213 Å². The molecule has 6 nitrogen and oxygen atoms in total. The monoisotopic (exact) mass is 505 g/mol. The van der Waals surface area contributed by atoms with E-state index in [1.54, 1.807) is 36.2 Å². The summed E-state index contributed by atoms with van der Waals surface area (Å²) in [5.74, 6) is 1.01. The maximum absolute atomic E-state index is 13.4. The molecule has 4 rings (SSSR count). The first-order chi connectivity index (χ1) is 17.4. The fraction of sp³-hybridized carbons (Fsp3) is 0.143. The first kappa shape index (κ1) is 25.0. The number of anilines is 1. The van der Waals surface area contributed by atoms with Gasteiger partial charge in [0.2, 0.25) is 5.91 Å². The van der Waals surface area contributed by atoms with E-state index in [0.29, 0.717) is 18.9 Å². The molecule has 1 amide bonds. The van der Waals surface area contributed by atoms with Crippen LogP contribution in [-0.4, -0.2) is 22.8 Å². The fourth-order valence-corrected chi connectivity index (χ4v) is 3.80. The molecular formula is C28H25ClFN3O3. The van der Waals surface area contributed by atoms with Crippen LogP contribution in [0.5, 0.6) is 11.5 Å². The van der Waals surface area contributed by atoms with Gasteiger partial charge in [0.05, 0.1) is 13.7 Å². The van der Waals surface area contributed by atoms with Crippen molar-refractivity contribution in [1.29, 1.82) is 0 Å². The van der Waals surface area contributed by atoms with Gasteiger partial charge in [0.25, 0.3) is 0 Å². The molecule has 0 radical (unpaired) electrons. The van der Waals surface area contributed by atoms with Gasteiger partial charge >= 0.3 is 0 Å². The highest BCUT2D eigenvalue weighted by atomic mass is 35.5. The molecule has 0 aliphatic heterocycles. The largest absolute Gasteiger partial charge is 0.496 e. The summed E-state index contributed by atoms with van der Waals surface area (Å²) in [7, 11) is 1.60. The van der Waals surface area contributed by atoms with Crippen LogP contribution in [0.4, 0.5) is 10.2 Å². The molecule has 3 aromatic carbocycles. The van der Waals surface area contributed by atoms with Crippen LogP contribution in [0.2, 0.25) is 5.02 Å². The highest BCUT2D eigenvalue weighted by molar-refractivity contribution is 6.33. The molecule has 0 saturated heterocycles. The van der Waals surface area contributed by atoms with Crippen LogP contribution in [-0.2, 0) is 17.9 Å². The quantitative estimate of drug-likeness (QED) is 0.272. The predicted molar refractivity (Wildman–Crippen MR) is 139 cm³/mol. The number of nitrogens with zero attached hydrogens (tertiary/aromatic N) is 2. The smallest absolute Gasteiger partial charge is 0.249 e. The number of halogens is 2. The van der Waals surface area contributed by atoms with Crippen LogP contribution in [0.3, 0.4) is 0 Å². The molecule has 0 bridgehead atoms. The number of rotatable bonds is 9. The van der Waals surface area contributed by atoms with Crippen molar-refractivity contribution in [3.8, 4) is 11.5 Å². The molecule has 36 heavy (non-hydrogen) atoms. The zero-order chi connectivity index (χ0) is 25.5. The van der Waals surface area contributed by atoms with Crippen molar-refractivity contribution in [3.63, 3.8) is 0 Å². The Morgan fingerprint density at radius 2 is 1.94 bits per heavy atom. The van der Waals surface area contributed by atoms with E-state index < -0.39 is 0 Å². The lowest BCUT2D eigenvalue weighted by Gasteiger charge is -2.12. The molecular weight excluding hydrogens is 481 g/mol. The molecule has 1 heterocycles. The van der Waals surface area contributed by atoms with Crippen molar-refractivity contribution < 1.29 is 18.7 Å². The first-order valence-corrected chi connectivity index (χ1v) is 11.6. The second kappa shape index (κ2) is 11.6. The minimum absolute atomic E-state index is 0.227. The van der Waals surface area contributed by atoms with Gasteiger partial charge in [0.15, 0.2) is 5.82 Å². The Morgan fingerprint density at radius 1 is 1.11 bits per heavy atom. The zero-order valence-corrected chi connectivity index (χ0v) is 20.6. The first-order valence-electron chi connectivity index (χ1n) is 11.2. The van der Waals surface area contributed by atoms with Gasteiger partial charge in [0.1, 0.15) is 28.9 Å². The summed E-state index contributed by atoms with van der Waals surface area (Å²) in [5.41, 5.74) is 3.43. The molecule has 4 aromatic rings. The van der Waals surface area contributed by atoms with E-state index in [2.05, 4.69) is 10.4 Å². The molecule has 1 aromatic heterocycles. The Kier molecular flexibility index (Phi) is 8.02. The van der Waals surface area contributed by atoms with Crippen molar-refractivity contribution in [1.82, 2.24) is 9.78 Å². The van der Waals surface area contributed by atoms with E-state index in [9.17, 15) is 9.18 Å². The van der Waals surface area contributed by atoms with Crippen LogP contribution in [0.25, 0.3) is 6.08 Å². The number of para-hydroxylation sites is 1. The third-order valence-corrected chi connectivity index (χ3v) is 5.68. The number of ether oxygens (including phenoxy) is 2. The maximum atomic E-state index is 13.4. The number of methoxy groups -OCH3 is 1. The van der Waals surface area contributed by atoms with Crippen LogP contribution in [0, 0.1) is 12.7 Å². The van der Waals surface area contributed by atoms with Crippen molar-refractivity contribution in [2.45, 2.75) is 20.1 Å². The van der Waals surface area contributed by atoms with Crippen LogP contribution < -0.4 is 14.8 Å². The van der Waals surface area contributed by atoms with Gasteiger partial charge in [0, 0.05) is 17.8 Å². The Morgan fingerprint density at radius 3 is 2.72 bits per heavy atom. The second-order valence-electron chi connectivity index (χ2n) is 8.10. The van der Waals surface area contributed by atoms with E-state index in [0.717, 1.165) is 28.0 Å². The molecule has 0 fully saturated rings. The van der Waals surface area contributed by atoms with Crippen LogP contribution in [0.1, 0.15) is 22.3 Å². The topological polar surface area (TPSA) is 65.4 Å². The van der Waals surface area contributed by atoms with E-state index in [1.807, 2.05) is 49.4 Å². The predicted octanol–water partition coefficient (Wildman–Crippen LogP) is 6.27. The minimum Gasteiger partial charge on any atom is -0.496 e. The van der Waals surface area contributed by atoms with Gasteiger partial charge in [-0.2, -0.15) is 5.10 Å². The summed E-state index contributed by atoms with van der Waals surface area (Å²) in [6.07, 6.45) is 4.66. The number of amides is 1. The van der Waals surface area contributed by atoms with Gasteiger partial charge < -0.3 is 14.8 Å². The molecule has 0 saturated carbocycles.